The minimum absolute atomic E-state index is 0.0426. The van der Waals surface area contributed by atoms with E-state index in [2.05, 4.69) is 23.8 Å². The van der Waals surface area contributed by atoms with E-state index in [9.17, 15) is 0 Å². The minimum Gasteiger partial charge on any atom is -0.368 e. The van der Waals surface area contributed by atoms with Crippen LogP contribution in [0.2, 0.25) is 0 Å². The monoisotopic (exact) mass is 194 g/mol. The van der Waals surface area contributed by atoms with Gasteiger partial charge in [0.1, 0.15) is 0 Å². The van der Waals surface area contributed by atoms with Crippen molar-refractivity contribution in [2.24, 2.45) is 11.7 Å². The molecule has 0 amide bonds. The van der Waals surface area contributed by atoms with Crippen molar-refractivity contribution >= 4 is 5.95 Å². The van der Waals surface area contributed by atoms with E-state index in [0.29, 0.717) is 11.9 Å². The zero-order valence-electron chi connectivity index (χ0n) is 8.99. The molecule has 0 unspecified atom stereocenters. The highest BCUT2D eigenvalue weighted by molar-refractivity contribution is 5.23. The summed E-state index contributed by atoms with van der Waals surface area (Å²) in [6, 6.07) is 1.85. The van der Waals surface area contributed by atoms with Gasteiger partial charge in [0.15, 0.2) is 0 Å². The maximum atomic E-state index is 5.99. The van der Waals surface area contributed by atoms with Crippen molar-refractivity contribution in [3.8, 4) is 0 Å². The minimum atomic E-state index is -0.0426. The Morgan fingerprint density at radius 2 is 2.00 bits per heavy atom. The highest BCUT2D eigenvalue weighted by Crippen LogP contribution is 2.17. The molecular weight excluding hydrogens is 176 g/mol. The van der Waals surface area contributed by atoms with E-state index in [1.165, 1.54) is 0 Å². The summed E-state index contributed by atoms with van der Waals surface area (Å²) in [7, 11) is 0. The summed E-state index contributed by atoms with van der Waals surface area (Å²) in [5, 5.41) is 0. The van der Waals surface area contributed by atoms with E-state index in [0.717, 1.165) is 17.8 Å². The largest absolute Gasteiger partial charge is 0.368 e. The molecule has 1 heterocycles. The van der Waals surface area contributed by atoms with Gasteiger partial charge in [-0.2, -0.15) is 0 Å². The van der Waals surface area contributed by atoms with Crippen molar-refractivity contribution in [1.29, 1.82) is 0 Å². The fraction of sp³-hybridized carbons (Fsp3) is 0.600. The predicted molar refractivity (Wildman–Crippen MR) is 57.6 cm³/mol. The van der Waals surface area contributed by atoms with Crippen LogP contribution in [-0.4, -0.2) is 9.97 Å². The van der Waals surface area contributed by atoms with Crippen LogP contribution in [0.5, 0.6) is 0 Å². The van der Waals surface area contributed by atoms with Crippen molar-refractivity contribution in [3.63, 3.8) is 0 Å². The summed E-state index contributed by atoms with van der Waals surface area (Å²) in [5.41, 5.74) is 13.2. The molecule has 0 aliphatic rings. The summed E-state index contributed by atoms with van der Waals surface area (Å²) in [6.45, 7) is 6.16. The van der Waals surface area contributed by atoms with Crippen LogP contribution in [0.1, 0.15) is 37.7 Å². The maximum Gasteiger partial charge on any atom is 0.220 e. The van der Waals surface area contributed by atoms with E-state index in [-0.39, 0.29) is 6.04 Å². The van der Waals surface area contributed by atoms with Crippen LogP contribution in [0.15, 0.2) is 6.07 Å². The molecule has 1 atom stereocenters. The normalized spacial score (nSPS) is 13.2. The molecule has 1 aromatic rings. The van der Waals surface area contributed by atoms with Crippen molar-refractivity contribution in [3.05, 3.63) is 17.5 Å². The van der Waals surface area contributed by atoms with Crippen LogP contribution in [0.3, 0.4) is 0 Å². The topological polar surface area (TPSA) is 77.8 Å². The number of anilines is 1. The molecule has 14 heavy (non-hydrogen) atoms. The summed E-state index contributed by atoms with van der Waals surface area (Å²) in [5.74, 6) is 0.862. The number of nitrogens with two attached hydrogens (primary N) is 2. The highest BCUT2D eigenvalue weighted by Gasteiger charge is 2.10. The number of hydrogen-bond acceptors (Lipinski definition) is 4. The van der Waals surface area contributed by atoms with Crippen molar-refractivity contribution < 1.29 is 0 Å². The third-order valence-corrected chi connectivity index (χ3v) is 2.00. The van der Waals surface area contributed by atoms with E-state index in [1.54, 1.807) is 0 Å². The quantitative estimate of drug-likeness (QED) is 0.762. The first kappa shape index (κ1) is 10.9. The lowest BCUT2D eigenvalue weighted by Gasteiger charge is -2.13. The number of aryl methyl sites for hydroxylation is 1. The number of aromatic nitrogens is 2. The number of nitrogens with zero attached hydrogens (tertiary/aromatic N) is 2. The second-order valence-corrected chi connectivity index (χ2v) is 4.03. The van der Waals surface area contributed by atoms with Crippen LogP contribution in [0, 0.1) is 12.8 Å². The Hall–Kier alpha value is -1.16. The molecule has 1 rings (SSSR count). The molecule has 0 spiro atoms. The highest BCUT2D eigenvalue weighted by atomic mass is 15.0. The first-order chi connectivity index (χ1) is 6.49. The first-order valence-corrected chi connectivity index (χ1v) is 4.85. The van der Waals surface area contributed by atoms with Gasteiger partial charge in [-0.25, -0.2) is 9.97 Å². The summed E-state index contributed by atoms with van der Waals surface area (Å²) in [4.78, 5) is 8.14. The standard InChI is InChI=1S/C10H18N4/c1-6(2)4-8(11)9-5-7(3)13-10(12)14-9/h5-6,8H,4,11H2,1-3H3,(H2,12,13,14)/t8-/m1/s1. The Kier molecular flexibility index (Phi) is 3.41. The lowest BCUT2D eigenvalue weighted by molar-refractivity contribution is 0.502. The van der Waals surface area contributed by atoms with Crippen LogP contribution < -0.4 is 11.5 Å². The van der Waals surface area contributed by atoms with Crippen LogP contribution >= 0.6 is 0 Å². The van der Waals surface area contributed by atoms with Crippen molar-refractivity contribution in [2.45, 2.75) is 33.2 Å². The molecule has 78 valence electrons. The molecule has 4 nitrogen and oxygen atoms in total. The molecule has 0 radical (unpaired) electrons. The first-order valence-electron chi connectivity index (χ1n) is 4.85. The molecule has 1 aromatic heterocycles. The third kappa shape index (κ3) is 2.96. The van der Waals surface area contributed by atoms with Crippen molar-refractivity contribution in [2.75, 3.05) is 5.73 Å². The molecule has 0 aliphatic heterocycles. The van der Waals surface area contributed by atoms with Gasteiger partial charge in [-0.05, 0) is 25.3 Å². The third-order valence-electron chi connectivity index (χ3n) is 2.00. The van der Waals surface area contributed by atoms with Gasteiger partial charge in [0.25, 0.3) is 0 Å². The average molecular weight is 194 g/mol. The Bertz CT molecular complexity index is 289. The van der Waals surface area contributed by atoms with E-state index in [4.69, 9.17) is 11.5 Å². The SMILES string of the molecule is Cc1cc([C@H](N)CC(C)C)nc(N)n1. The van der Waals surface area contributed by atoms with Crippen LogP contribution in [0.4, 0.5) is 5.95 Å². The molecular formula is C10H18N4. The van der Waals surface area contributed by atoms with Gasteiger partial charge in [0.2, 0.25) is 5.95 Å². The molecule has 0 saturated heterocycles. The zero-order chi connectivity index (χ0) is 10.7. The van der Waals surface area contributed by atoms with Gasteiger partial charge in [-0.1, -0.05) is 13.8 Å². The van der Waals surface area contributed by atoms with Gasteiger partial charge < -0.3 is 11.5 Å². The molecule has 0 aromatic carbocycles. The predicted octanol–water partition coefficient (Wildman–Crippen LogP) is 1.41. The lowest BCUT2D eigenvalue weighted by atomic mass is 10.0. The molecule has 0 aliphatic carbocycles. The van der Waals surface area contributed by atoms with E-state index in [1.807, 2.05) is 13.0 Å². The molecule has 0 saturated carbocycles. The van der Waals surface area contributed by atoms with E-state index < -0.39 is 0 Å². The fourth-order valence-corrected chi connectivity index (χ4v) is 1.44. The van der Waals surface area contributed by atoms with Gasteiger partial charge in [0, 0.05) is 11.7 Å². The van der Waals surface area contributed by atoms with Gasteiger partial charge >= 0.3 is 0 Å². The summed E-state index contributed by atoms with van der Waals surface area (Å²) >= 11 is 0. The maximum absolute atomic E-state index is 5.99. The van der Waals surface area contributed by atoms with Crippen LogP contribution in [-0.2, 0) is 0 Å². The Morgan fingerprint density at radius 3 is 2.50 bits per heavy atom. The Balaban J connectivity index is 2.84. The number of hydrogen-bond donors (Lipinski definition) is 2. The molecule has 4 N–H and O–H groups in total. The van der Waals surface area contributed by atoms with Crippen LogP contribution in [0.25, 0.3) is 0 Å². The Morgan fingerprint density at radius 1 is 1.36 bits per heavy atom. The molecule has 0 bridgehead atoms. The molecule has 4 heteroatoms. The zero-order valence-corrected chi connectivity index (χ0v) is 8.99. The molecule has 0 fully saturated rings. The second kappa shape index (κ2) is 4.37. The smallest absolute Gasteiger partial charge is 0.220 e. The van der Waals surface area contributed by atoms with Crippen molar-refractivity contribution in [1.82, 2.24) is 9.97 Å². The average Bonchev–Trinajstić information content (AvgIpc) is 2.00. The van der Waals surface area contributed by atoms with E-state index >= 15 is 0 Å². The lowest BCUT2D eigenvalue weighted by Crippen LogP contribution is -2.16. The van der Waals surface area contributed by atoms with Gasteiger partial charge in [0.05, 0.1) is 5.69 Å². The summed E-state index contributed by atoms with van der Waals surface area (Å²) < 4.78 is 0. The number of rotatable bonds is 3. The fourth-order valence-electron chi connectivity index (χ4n) is 1.44. The van der Waals surface area contributed by atoms with Gasteiger partial charge in [-0.15, -0.1) is 0 Å². The Labute approximate surface area is 84.7 Å². The summed E-state index contributed by atoms with van der Waals surface area (Å²) in [6.07, 6.45) is 0.913. The second-order valence-electron chi connectivity index (χ2n) is 4.03. The number of nitrogen functional groups attached to an aromatic ring is 1. The van der Waals surface area contributed by atoms with Gasteiger partial charge in [-0.3, -0.25) is 0 Å².